The van der Waals surface area contributed by atoms with Gasteiger partial charge in [0.25, 0.3) is 0 Å². The number of aryl methyl sites for hydroxylation is 1. The van der Waals surface area contributed by atoms with Gasteiger partial charge in [-0.2, -0.15) is 0 Å². The molecule has 5 heteroatoms. The van der Waals surface area contributed by atoms with Crippen molar-refractivity contribution in [2.45, 2.75) is 20.3 Å². The molecule has 1 aromatic heterocycles. The van der Waals surface area contributed by atoms with Crippen LogP contribution in [0.1, 0.15) is 19.2 Å². The summed E-state index contributed by atoms with van der Waals surface area (Å²) in [5.74, 6) is 2.39. The first kappa shape index (κ1) is 13.8. The van der Waals surface area contributed by atoms with E-state index in [1.165, 1.54) is 0 Å². The van der Waals surface area contributed by atoms with Crippen molar-refractivity contribution in [2.75, 3.05) is 17.2 Å². The molecular formula is C14H17BrN4. The van der Waals surface area contributed by atoms with Gasteiger partial charge in [-0.15, -0.1) is 0 Å². The molecule has 0 atom stereocenters. The molecule has 1 heterocycles. The van der Waals surface area contributed by atoms with Crippen molar-refractivity contribution in [1.29, 1.82) is 0 Å². The number of benzene rings is 1. The van der Waals surface area contributed by atoms with Crippen LogP contribution >= 0.6 is 15.9 Å². The first-order valence-corrected chi connectivity index (χ1v) is 7.09. The largest absolute Gasteiger partial charge is 0.370 e. The van der Waals surface area contributed by atoms with Crippen molar-refractivity contribution in [2.24, 2.45) is 0 Å². The Morgan fingerprint density at radius 1 is 1.16 bits per heavy atom. The van der Waals surface area contributed by atoms with Crippen LogP contribution in [0.4, 0.5) is 17.3 Å². The molecule has 0 saturated carbocycles. The van der Waals surface area contributed by atoms with Crippen LogP contribution in [-0.2, 0) is 0 Å². The van der Waals surface area contributed by atoms with E-state index in [0.717, 1.165) is 40.6 Å². The van der Waals surface area contributed by atoms with Crippen LogP contribution in [0.2, 0.25) is 0 Å². The summed E-state index contributed by atoms with van der Waals surface area (Å²) in [6.45, 7) is 4.93. The van der Waals surface area contributed by atoms with Crippen molar-refractivity contribution in [1.82, 2.24) is 9.97 Å². The zero-order valence-corrected chi connectivity index (χ0v) is 12.7. The van der Waals surface area contributed by atoms with Crippen LogP contribution < -0.4 is 10.6 Å². The summed E-state index contributed by atoms with van der Waals surface area (Å²) in [4.78, 5) is 8.76. The lowest BCUT2D eigenvalue weighted by Gasteiger charge is -2.10. The maximum atomic E-state index is 4.40. The molecule has 2 N–H and O–H groups in total. The third kappa shape index (κ3) is 3.92. The highest BCUT2D eigenvalue weighted by Gasteiger charge is 2.04. The summed E-state index contributed by atoms with van der Waals surface area (Å²) in [7, 11) is 0. The van der Waals surface area contributed by atoms with E-state index < -0.39 is 0 Å². The van der Waals surface area contributed by atoms with Gasteiger partial charge in [-0.25, -0.2) is 9.97 Å². The van der Waals surface area contributed by atoms with Gasteiger partial charge in [0.1, 0.15) is 17.5 Å². The molecule has 19 heavy (non-hydrogen) atoms. The van der Waals surface area contributed by atoms with E-state index in [1.54, 1.807) is 0 Å². The number of hydrogen-bond donors (Lipinski definition) is 2. The molecule has 0 fully saturated rings. The fraction of sp³-hybridized carbons (Fsp3) is 0.286. The van der Waals surface area contributed by atoms with Gasteiger partial charge >= 0.3 is 0 Å². The molecule has 0 unspecified atom stereocenters. The summed E-state index contributed by atoms with van der Waals surface area (Å²) in [5.41, 5.74) is 0.988. The molecular weight excluding hydrogens is 304 g/mol. The van der Waals surface area contributed by atoms with Gasteiger partial charge in [0, 0.05) is 17.1 Å². The smallest absolute Gasteiger partial charge is 0.136 e. The maximum absolute atomic E-state index is 4.40. The average Bonchev–Trinajstić information content (AvgIpc) is 2.38. The van der Waals surface area contributed by atoms with E-state index in [9.17, 15) is 0 Å². The molecule has 0 saturated heterocycles. The SMILES string of the molecule is CCCNc1cc(Nc2ccccc2Br)nc(C)n1. The van der Waals surface area contributed by atoms with Crippen molar-refractivity contribution < 1.29 is 0 Å². The maximum Gasteiger partial charge on any atom is 0.136 e. The Morgan fingerprint density at radius 2 is 1.89 bits per heavy atom. The lowest BCUT2D eigenvalue weighted by molar-refractivity contribution is 0.955. The van der Waals surface area contributed by atoms with Crippen molar-refractivity contribution in [3.8, 4) is 0 Å². The number of hydrogen-bond acceptors (Lipinski definition) is 4. The molecule has 0 bridgehead atoms. The number of para-hydroxylation sites is 1. The first-order valence-electron chi connectivity index (χ1n) is 6.30. The van der Waals surface area contributed by atoms with Crippen molar-refractivity contribution in [3.05, 3.63) is 40.6 Å². The van der Waals surface area contributed by atoms with Crippen LogP contribution in [-0.4, -0.2) is 16.5 Å². The number of nitrogens with one attached hydrogen (secondary N) is 2. The highest BCUT2D eigenvalue weighted by molar-refractivity contribution is 9.10. The number of anilines is 3. The minimum absolute atomic E-state index is 0.746. The van der Waals surface area contributed by atoms with Crippen LogP contribution in [0.5, 0.6) is 0 Å². The highest BCUT2D eigenvalue weighted by atomic mass is 79.9. The molecule has 0 spiro atoms. The average molecular weight is 321 g/mol. The summed E-state index contributed by atoms with van der Waals surface area (Å²) in [6, 6.07) is 9.88. The Bertz CT molecular complexity index is 557. The van der Waals surface area contributed by atoms with Gasteiger partial charge in [-0.1, -0.05) is 19.1 Å². The van der Waals surface area contributed by atoms with Gasteiger partial charge in [-0.3, -0.25) is 0 Å². The molecule has 0 aliphatic rings. The fourth-order valence-electron chi connectivity index (χ4n) is 1.68. The quantitative estimate of drug-likeness (QED) is 0.870. The fourth-order valence-corrected chi connectivity index (χ4v) is 2.06. The second kappa shape index (κ2) is 6.52. The van der Waals surface area contributed by atoms with Gasteiger partial charge in [0.05, 0.1) is 5.69 Å². The monoisotopic (exact) mass is 320 g/mol. The predicted molar refractivity (Wildman–Crippen MR) is 83.0 cm³/mol. The van der Waals surface area contributed by atoms with Gasteiger partial charge in [-0.05, 0) is 41.4 Å². The molecule has 0 amide bonds. The Labute approximate surface area is 121 Å². The standard InChI is InChI=1S/C14H17BrN4/c1-3-8-16-13-9-14(18-10(2)17-13)19-12-7-5-4-6-11(12)15/h4-7,9H,3,8H2,1-2H3,(H2,16,17,18,19). The second-order valence-electron chi connectivity index (χ2n) is 4.22. The summed E-state index contributed by atoms with van der Waals surface area (Å²) in [5, 5.41) is 6.56. The van der Waals surface area contributed by atoms with Gasteiger partial charge in [0.15, 0.2) is 0 Å². The molecule has 2 rings (SSSR count). The van der Waals surface area contributed by atoms with Crippen LogP contribution in [0, 0.1) is 6.92 Å². The Morgan fingerprint density at radius 3 is 2.63 bits per heavy atom. The second-order valence-corrected chi connectivity index (χ2v) is 5.07. The molecule has 1 aromatic carbocycles. The summed E-state index contributed by atoms with van der Waals surface area (Å²) < 4.78 is 1.01. The van der Waals surface area contributed by atoms with E-state index in [4.69, 9.17) is 0 Å². The van der Waals surface area contributed by atoms with Crippen molar-refractivity contribution >= 4 is 33.3 Å². The lowest BCUT2D eigenvalue weighted by atomic mass is 10.3. The van der Waals surface area contributed by atoms with E-state index in [-0.39, 0.29) is 0 Å². The number of halogens is 1. The van der Waals surface area contributed by atoms with E-state index in [1.807, 2.05) is 37.3 Å². The van der Waals surface area contributed by atoms with E-state index >= 15 is 0 Å². The molecule has 0 radical (unpaired) electrons. The zero-order valence-electron chi connectivity index (χ0n) is 11.1. The lowest BCUT2D eigenvalue weighted by Crippen LogP contribution is -2.05. The number of aromatic nitrogens is 2. The van der Waals surface area contributed by atoms with E-state index in [0.29, 0.717) is 0 Å². The van der Waals surface area contributed by atoms with Crippen LogP contribution in [0.25, 0.3) is 0 Å². The van der Waals surface area contributed by atoms with Crippen LogP contribution in [0.15, 0.2) is 34.8 Å². The number of rotatable bonds is 5. The first-order chi connectivity index (χ1) is 9.19. The molecule has 100 valence electrons. The third-order valence-electron chi connectivity index (χ3n) is 2.53. The zero-order chi connectivity index (χ0) is 13.7. The highest BCUT2D eigenvalue weighted by Crippen LogP contribution is 2.25. The molecule has 0 aliphatic carbocycles. The Kier molecular flexibility index (Phi) is 4.74. The normalized spacial score (nSPS) is 10.3. The predicted octanol–water partition coefficient (Wildman–Crippen LogP) is 4.11. The Hall–Kier alpha value is -1.62. The topological polar surface area (TPSA) is 49.8 Å². The van der Waals surface area contributed by atoms with Crippen LogP contribution in [0.3, 0.4) is 0 Å². The minimum atomic E-state index is 0.746. The third-order valence-corrected chi connectivity index (χ3v) is 3.22. The summed E-state index contributed by atoms with van der Waals surface area (Å²) in [6.07, 6.45) is 1.07. The molecule has 2 aromatic rings. The summed E-state index contributed by atoms with van der Waals surface area (Å²) >= 11 is 3.51. The minimum Gasteiger partial charge on any atom is -0.370 e. The van der Waals surface area contributed by atoms with Crippen molar-refractivity contribution in [3.63, 3.8) is 0 Å². The van der Waals surface area contributed by atoms with Gasteiger partial charge < -0.3 is 10.6 Å². The van der Waals surface area contributed by atoms with E-state index in [2.05, 4.69) is 43.5 Å². The Balaban J connectivity index is 2.20. The molecule has 0 aliphatic heterocycles. The number of nitrogens with zero attached hydrogens (tertiary/aromatic N) is 2. The molecule has 4 nitrogen and oxygen atoms in total. The van der Waals surface area contributed by atoms with Gasteiger partial charge in [0.2, 0.25) is 0 Å².